The van der Waals surface area contributed by atoms with E-state index in [9.17, 15) is 13.6 Å². The van der Waals surface area contributed by atoms with Crippen LogP contribution in [0.2, 0.25) is 0 Å². The Balaban J connectivity index is 2.35. The van der Waals surface area contributed by atoms with Crippen LogP contribution in [0.5, 0.6) is 0 Å². The summed E-state index contributed by atoms with van der Waals surface area (Å²) in [6.45, 7) is 0.817. The normalized spacial score (nSPS) is 19.6. The minimum absolute atomic E-state index is 0.00465. The molecule has 108 valence electrons. The van der Waals surface area contributed by atoms with E-state index in [2.05, 4.69) is 4.90 Å². The van der Waals surface area contributed by atoms with Gasteiger partial charge in [0.1, 0.15) is 0 Å². The van der Waals surface area contributed by atoms with Gasteiger partial charge in [-0.15, -0.1) is 0 Å². The molecule has 0 N–H and O–H groups in total. The lowest BCUT2D eigenvalue weighted by Crippen LogP contribution is -2.25. The highest BCUT2D eigenvalue weighted by Gasteiger charge is 2.23. The first-order valence-electron chi connectivity index (χ1n) is 6.75. The van der Waals surface area contributed by atoms with Gasteiger partial charge in [-0.25, -0.2) is 8.78 Å². The summed E-state index contributed by atoms with van der Waals surface area (Å²) in [6.07, 6.45) is 0.461. The maximum absolute atomic E-state index is 12.8. The van der Waals surface area contributed by atoms with Crippen LogP contribution in [0.1, 0.15) is 30.4 Å². The molecule has 0 bridgehead atoms. The molecule has 20 heavy (non-hydrogen) atoms. The standard InChI is InChI=1S/C16H19F2NO/c1-19(2)10-13-6-7-14(20)9-15(13)11-4-3-5-12(8-11)16(17)18/h3-5,8-9,13,16H,6-7,10H2,1-2H3. The van der Waals surface area contributed by atoms with Gasteiger partial charge in [0.25, 0.3) is 6.43 Å². The third-order valence-electron chi connectivity index (χ3n) is 3.55. The zero-order valence-electron chi connectivity index (χ0n) is 11.8. The molecule has 2 rings (SSSR count). The van der Waals surface area contributed by atoms with Crippen molar-refractivity contribution in [2.45, 2.75) is 19.3 Å². The number of allylic oxidation sites excluding steroid dienone is 1. The number of hydrogen-bond donors (Lipinski definition) is 0. The lowest BCUT2D eigenvalue weighted by molar-refractivity contribution is -0.115. The number of ketones is 1. The summed E-state index contributed by atoms with van der Waals surface area (Å²) in [5, 5.41) is 0. The van der Waals surface area contributed by atoms with E-state index >= 15 is 0 Å². The van der Waals surface area contributed by atoms with Crippen molar-refractivity contribution in [1.29, 1.82) is 0 Å². The molecule has 0 aromatic heterocycles. The largest absolute Gasteiger partial charge is 0.309 e. The smallest absolute Gasteiger partial charge is 0.263 e. The summed E-state index contributed by atoms with van der Waals surface area (Å²) in [5.41, 5.74) is 1.63. The van der Waals surface area contributed by atoms with Crippen LogP contribution in [-0.4, -0.2) is 31.3 Å². The quantitative estimate of drug-likeness (QED) is 0.840. The molecule has 1 aromatic carbocycles. The van der Waals surface area contributed by atoms with Crippen molar-refractivity contribution in [1.82, 2.24) is 4.90 Å². The van der Waals surface area contributed by atoms with E-state index in [0.29, 0.717) is 6.42 Å². The van der Waals surface area contributed by atoms with Gasteiger partial charge in [-0.05, 0) is 49.7 Å². The summed E-state index contributed by atoms with van der Waals surface area (Å²) in [6, 6.07) is 6.35. The molecule has 0 spiro atoms. The number of rotatable bonds is 4. The molecule has 1 unspecified atom stereocenters. The first kappa shape index (κ1) is 14.9. The molecule has 0 saturated carbocycles. The molecule has 4 heteroatoms. The molecular formula is C16H19F2NO. The van der Waals surface area contributed by atoms with Crippen LogP contribution in [-0.2, 0) is 4.79 Å². The molecule has 0 aliphatic heterocycles. The van der Waals surface area contributed by atoms with Gasteiger partial charge in [-0.3, -0.25) is 4.79 Å². The number of alkyl halides is 2. The van der Waals surface area contributed by atoms with E-state index in [1.54, 1.807) is 18.2 Å². The zero-order valence-corrected chi connectivity index (χ0v) is 11.8. The predicted octanol–water partition coefficient (Wildman–Crippen LogP) is 3.55. The summed E-state index contributed by atoms with van der Waals surface area (Å²) >= 11 is 0. The minimum atomic E-state index is -2.48. The number of carbonyl (C=O) groups is 1. The topological polar surface area (TPSA) is 20.3 Å². The van der Waals surface area contributed by atoms with Crippen LogP contribution in [0.25, 0.3) is 5.57 Å². The van der Waals surface area contributed by atoms with Gasteiger partial charge in [0.15, 0.2) is 5.78 Å². The van der Waals surface area contributed by atoms with Gasteiger partial charge in [-0.1, -0.05) is 18.2 Å². The fourth-order valence-corrected chi connectivity index (χ4v) is 2.64. The van der Waals surface area contributed by atoms with Gasteiger partial charge in [0.05, 0.1) is 0 Å². The van der Waals surface area contributed by atoms with Crippen molar-refractivity contribution in [2.75, 3.05) is 20.6 Å². The van der Waals surface area contributed by atoms with E-state index in [-0.39, 0.29) is 17.3 Å². The molecule has 1 atom stereocenters. The molecule has 2 nitrogen and oxygen atoms in total. The Labute approximate surface area is 118 Å². The van der Waals surface area contributed by atoms with E-state index in [1.807, 2.05) is 14.1 Å². The summed E-state index contributed by atoms with van der Waals surface area (Å²) < 4.78 is 25.6. The Kier molecular flexibility index (Phi) is 4.65. The Morgan fingerprint density at radius 1 is 1.35 bits per heavy atom. The molecule has 0 heterocycles. The minimum Gasteiger partial charge on any atom is -0.309 e. The average Bonchev–Trinajstić information content (AvgIpc) is 2.40. The second-order valence-electron chi connectivity index (χ2n) is 5.49. The van der Waals surface area contributed by atoms with Gasteiger partial charge < -0.3 is 4.90 Å². The first-order valence-corrected chi connectivity index (χ1v) is 6.75. The Morgan fingerprint density at radius 3 is 2.75 bits per heavy atom. The SMILES string of the molecule is CN(C)CC1CCC(=O)C=C1c1cccc(C(F)F)c1. The second kappa shape index (κ2) is 6.27. The summed E-state index contributed by atoms with van der Waals surface area (Å²) in [4.78, 5) is 13.7. The van der Waals surface area contributed by atoms with E-state index < -0.39 is 6.43 Å². The predicted molar refractivity (Wildman–Crippen MR) is 75.7 cm³/mol. The first-order chi connectivity index (χ1) is 9.47. The van der Waals surface area contributed by atoms with Crippen LogP contribution in [0.4, 0.5) is 8.78 Å². The highest BCUT2D eigenvalue weighted by molar-refractivity contribution is 5.99. The number of nitrogens with zero attached hydrogens (tertiary/aromatic N) is 1. The molecule has 0 radical (unpaired) electrons. The van der Waals surface area contributed by atoms with Crippen LogP contribution < -0.4 is 0 Å². The Bertz CT molecular complexity index is 523. The van der Waals surface area contributed by atoms with Crippen LogP contribution in [0.3, 0.4) is 0 Å². The maximum atomic E-state index is 12.8. The molecule has 0 amide bonds. The third-order valence-corrected chi connectivity index (χ3v) is 3.55. The van der Waals surface area contributed by atoms with Crippen LogP contribution >= 0.6 is 0 Å². The lowest BCUT2D eigenvalue weighted by Gasteiger charge is -2.27. The molecule has 1 aliphatic rings. The number of hydrogen-bond acceptors (Lipinski definition) is 2. The van der Waals surface area contributed by atoms with Gasteiger partial charge in [-0.2, -0.15) is 0 Å². The molecule has 1 aliphatic carbocycles. The number of benzene rings is 1. The highest BCUT2D eigenvalue weighted by Crippen LogP contribution is 2.33. The van der Waals surface area contributed by atoms with Crippen molar-refractivity contribution in [2.24, 2.45) is 5.92 Å². The van der Waals surface area contributed by atoms with Crippen LogP contribution in [0, 0.1) is 5.92 Å². The van der Waals surface area contributed by atoms with E-state index in [4.69, 9.17) is 0 Å². The summed E-state index contributed by atoms with van der Waals surface area (Å²) in [7, 11) is 3.95. The molecule has 1 aromatic rings. The number of carbonyl (C=O) groups excluding carboxylic acids is 1. The van der Waals surface area contributed by atoms with Gasteiger partial charge in [0.2, 0.25) is 0 Å². The number of halogens is 2. The Morgan fingerprint density at radius 2 is 2.10 bits per heavy atom. The van der Waals surface area contributed by atoms with Crippen molar-refractivity contribution in [3.63, 3.8) is 0 Å². The van der Waals surface area contributed by atoms with Crippen LogP contribution in [0.15, 0.2) is 30.3 Å². The second-order valence-corrected chi connectivity index (χ2v) is 5.49. The molecular weight excluding hydrogens is 260 g/mol. The van der Waals surface area contributed by atoms with Crippen molar-refractivity contribution in [3.05, 3.63) is 41.5 Å². The lowest BCUT2D eigenvalue weighted by atomic mass is 9.82. The van der Waals surface area contributed by atoms with Crippen molar-refractivity contribution < 1.29 is 13.6 Å². The zero-order chi connectivity index (χ0) is 14.7. The summed E-state index contributed by atoms with van der Waals surface area (Å²) in [5.74, 6) is 0.299. The average molecular weight is 279 g/mol. The fourth-order valence-electron chi connectivity index (χ4n) is 2.64. The molecule has 0 fully saturated rings. The Hall–Kier alpha value is -1.55. The highest BCUT2D eigenvalue weighted by atomic mass is 19.3. The fraction of sp³-hybridized carbons (Fsp3) is 0.438. The van der Waals surface area contributed by atoms with E-state index in [0.717, 1.165) is 24.1 Å². The van der Waals surface area contributed by atoms with Gasteiger partial charge in [0, 0.05) is 18.5 Å². The maximum Gasteiger partial charge on any atom is 0.263 e. The molecule has 0 saturated heterocycles. The monoisotopic (exact) mass is 279 g/mol. The van der Waals surface area contributed by atoms with E-state index in [1.165, 1.54) is 12.1 Å². The van der Waals surface area contributed by atoms with Crippen molar-refractivity contribution in [3.8, 4) is 0 Å². The third kappa shape index (κ3) is 3.51. The van der Waals surface area contributed by atoms with Crippen molar-refractivity contribution >= 4 is 11.4 Å². The van der Waals surface area contributed by atoms with Gasteiger partial charge >= 0.3 is 0 Å².